The molecule has 0 aliphatic rings. The highest BCUT2D eigenvalue weighted by Crippen LogP contribution is 2.36. The van der Waals surface area contributed by atoms with Gasteiger partial charge in [0.15, 0.2) is 5.82 Å². The van der Waals surface area contributed by atoms with E-state index >= 15 is 0 Å². The number of benzene rings is 4. The molecule has 0 fully saturated rings. The molecule has 8 rings (SSSR count). The van der Waals surface area contributed by atoms with Crippen molar-refractivity contribution in [2.45, 2.75) is 58.8 Å². The highest BCUT2D eigenvalue weighted by atomic mass is 16.5. The molecule has 6 nitrogen and oxygen atoms in total. The van der Waals surface area contributed by atoms with Crippen LogP contribution < -0.4 is 9.30 Å². The van der Waals surface area contributed by atoms with Crippen molar-refractivity contribution in [2.24, 2.45) is 0 Å². The molecule has 4 aromatic carbocycles. The van der Waals surface area contributed by atoms with Crippen molar-refractivity contribution in [3.8, 4) is 28.8 Å². The van der Waals surface area contributed by atoms with Crippen molar-refractivity contribution >= 4 is 32.8 Å². The van der Waals surface area contributed by atoms with Gasteiger partial charge in [-0.15, -0.1) is 0 Å². The Morgan fingerprint density at radius 3 is 2.26 bits per heavy atom. The van der Waals surface area contributed by atoms with E-state index in [4.69, 9.17) is 16.1 Å². The zero-order chi connectivity index (χ0) is 35.3. The van der Waals surface area contributed by atoms with Crippen LogP contribution in [0, 0.1) is 6.33 Å². The van der Waals surface area contributed by atoms with Gasteiger partial charge in [0.1, 0.15) is 17.3 Å². The minimum Gasteiger partial charge on any atom is -0.458 e. The summed E-state index contributed by atoms with van der Waals surface area (Å²) in [5.74, 6) is 2.32. The first-order valence-electron chi connectivity index (χ1n) is 17.9. The number of imidazole rings is 1. The second-order valence-corrected chi connectivity index (χ2v) is 13.8. The molecule has 0 spiro atoms. The molecule has 0 amide bonds. The molecule has 0 saturated carbocycles. The summed E-state index contributed by atoms with van der Waals surface area (Å²) in [6.07, 6.45) is 8.71. The molecule has 50 heavy (non-hydrogen) atoms. The first-order chi connectivity index (χ1) is 24.7. The molecule has 4 aromatic heterocycles. The first kappa shape index (κ1) is 30.3. The topological polar surface area (TPSA) is 48.8 Å². The van der Waals surface area contributed by atoms with Crippen molar-refractivity contribution in [1.29, 1.82) is 0 Å². The highest BCUT2D eigenvalue weighted by Gasteiger charge is 2.19. The summed E-state index contributed by atoms with van der Waals surface area (Å²) in [4.78, 5) is 9.57. The Balaban J connectivity index is 1.19. The lowest BCUT2D eigenvalue weighted by Crippen LogP contribution is -2.29. The van der Waals surface area contributed by atoms with Crippen LogP contribution >= 0.6 is 0 Å². The number of hydrogen-bond acceptors (Lipinski definition) is 3. The lowest BCUT2D eigenvalue weighted by molar-refractivity contribution is -0.572. The number of aromatic nitrogens is 5. The highest BCUT2D eigenvalue weighted by molar-refractivity contribution is 6.09. The van der Waals surface area contributed by atoms with Gasteiger partial charge in [-0.3, -0.25) is 18.7 Å². The molecule has 0 radical (unpaired) electrons. The monoisotopic (exact) mass is 656 g/mol. The lowest BCUT2D eigenvalue weighted by atomic mass is 9.88. The third kappa shape index (κ3) is 5.61. The number of ether oxygens (including phenoxy) is 1. The van der Waals surface area contributed by atoms with Gasteiger partial charge in [0.05, 0.1) is 27.8 Å². The van der Waals surface area contributed by atoms with Crippen LogP contribution in [0.15, 0.2) is 128 Å². The van der Waals surface area contributed by atoms with E-state index in [0.717, 1.165) is 63.1 Å². The molecule has 0 aliphatic heterocycles. The second kappa shape index (κ2) is 12.6. The number of nitrogens with zero attached hydrogens (tertiary/aromatic N) is 5. The van der Waals surface area contributed by atoms with Crippen molar-refractivity contribution in [2.75, 3.05) is 0 Å². The zero-order valence-corrected chi connectivity index (χ0v) is 29.2. The molecule has 0 unspecified atom stereocenters. The van der Waals surface area contributed by atoms with E-state index in [1.807, 2.05) is 47.2 Å². The Morgan fingerprint density at radius 1 is 0.720 bits per heavy atom. The van der Waals surface area contributed by atoms with Gasteiger partial charge >= 0.3 is 0 Å². The van der Waals surface area contributed by atoms with Gasteiger partial charge in [0.2, 0.25) is 0 Å². The normalized spacial score (nSPS) is 12.5. The zero-order valence-electron chi connectivity index (χ0n) is 30.2. The van der Waals surface area contributed by atoms with E-state index in [-0.39, 0.29) is 5.41 Å². The summed E-state index contributed by atoms with van der Waals surface area (Å²) in [7, 11) is 0. The van der Waals surface area contributed by atoms with Crippen LogP contribution in [-0.4, -0.2) is 19.1 Å². The Morgan fingerprint density at radius 2 is 1.44 bits per heavy atom. The van der Waals surface area contributed by atoms with Gasteiger partial charge in [-0.05, 0) is 83.8 Å². The number of para-hydroxylation sites is 3. The molecule has 6 heteroatoms. The fraction of sp³-hybridized carbons (Fsp3) is 0.205. The predicted octanol–water partition coefficient (Wildman–Crippen LogP) is 10.6. The summed E-state index contributed by atoms with van der Waals surface area (Å²) in [5.41, 5.74) is 7.27. The van der Waals surface area contributed by atoms with Gasteiger partial charge < -0.3 is 4.74 Å². The minimum absolute atomic E-state index is 0.00644. The molecule has 248 valence electrons. The van der Waals surface area contributed by atoms with Gasteiger partial charge in [-0.25, -0.2) is 4.98 Å². The molecule has 0 aliphatic carbocycles. The van der Waals surface area contributed by atoms with E-state index in [9.17, 15) is 0 Å². The SMILES string of the molecule is [2H]C(CC)(CC)c1cccc(-[n+]2[c-]n(-c3cc(Oc4ccc5c6ccccc6n(-c6cc(C(C)(C)C)ccn6)c5c4)ccn3)c3ccccc32)c1. The smallest absolute Gasteiger partial charge is 0.271 e. The van der Waals surface area contributed by atoms with Crippen LogP contribution in [0.3, 0.4) is 0 Å². The van der Waals surface area contributed by atoms with Gasteiger partial charge in [-0.1, -0.05) is 89.2 Å². The maximum absolute atomic E-state index is 9.04. The van der Waals surface area contributed by atoms with E-state index in [1.165, 1.54) is 10.9 Å². The maximum Gasteiger partial charge on any atom is 0.271 e. The number of rotatable bonds is 8. The Bertz CT molecular complexity index is 2550. The molecule has 0 saturated heterocycles. The van der Waals surface area contributed by atoms with Crippen molar-refractivity contribution in [3.05, 3.63) is 145 Å². The molecular weight excluding hydrogens is 615 g/mol. The number of pyridine rings is 2. The predicted molar refractivity (Wildman–Crippen MR) is 202 cm³/mol. The standard InChI is InChI=1S/C44H41N5O/c1-6-30(7-2)31-13-12-14-33(25-31)47-29-48(40-18-11-10-17-39(40)47)42-28-35(22-24-45-42)50-34-19-20-37-36-15-8-9-16-38(36)49(41(37)27-34)43-26-32(21-23-46-43)44(3,4)5/h8-28,30H,6-7H2,1-5H3/i30D. The van der Waals surface area contributed by atoms with Crippen LogP contribution in [0.1, 0.15) is 65.9 Å². The van der Waals surface area contributed by atoms with Crippen LogP contribution in [0.2, 0.25) is 0 Å². The molecular formula is C44H41N5O. The molecule has 8 aromatic rings. The van der Waals surface area contributed by atoms with Gasteiger partial charge in [-0.2, -0.15) is 0 Å². The average molecular weight is 657 g/mol. The van der Waals surface area contributed by atoms with Gasteiger partial charge in [0, 0.05) is 36.7 Å². The Hall–Kier alpha value is -5.75. The van der Waals surface area contributed by atoms with E-state index in [0.29, 0.717) is 11.6 Å². The maximum atomic E-state index is 9.04. The number of hydrogen-bond donors (Lipinski definition) is 0. The fourth-order valence-electron chi connectivity index (χ4n) is 6.93. The third-order valence-corrected chi connectivity index (χ3v) is 9.60. The van der Waals surface area contributed by atoms with Crippen molar-refractivity contribution in [3.63, 3.8) is 0 Å². The van der Waals surface area contributed by atoms with Crippen molar-refractivity contribution < 1.29 is 10.7 Å². The van der Waals surface area contributed by atoms with Crippen LogP contribution in [0.5, 0.6) is 11.5 Å². The molecule has 0 N–H and O–H groups in total. The van der Waals surface area contributed by atoms with Crippen LogP contribution in [0.25, 0.3) is 50.2 Å². The summed E-state index contributed by atoms with van der Waals surface area (Å²) in [6.45, 7) is 10.8. The quantitative estimate of drug-likeness (QED) is 0.121. The summed E-state index contributed by atoms with van der Waals surface area (Å²) < 4.78 is 21.9. The summed E-state index contributed by atoms with van der Waals surface area (Å²) in [6, 6.07) is 39.3. The van der Waals surface area contributed by atoms with E-state index < -0.39 is 5.89 Å². The summed E-state index contributed by atoms with van der Waals surface area (Å²) >= 11 is 0. The second-order valence-electron chi connectivity index (χ2n) is 13.8. The van der Waals surface area contributed by atoms with E-state index in [1.54, 1.807) is 6.20 Å². The number of fused-ring (bicyclic) bond motifs is 4. The largest absolute Gasteiger partial charge is 0.458 e. The fourth-order valence-corrected chi connectivity index (χ4v) is 6.93. The molecule has 4 heterocycles. The summed E-state index contributed by atoms with van der Waals surface area (Å²) in [5, 5.41) is 2.30. The molecule has 0 bridgehead atoms. The average Bonchev–Trinajstić information content (AvgIpc) is 3.70. The minimum atomic E-state index is -0.632. The lowest BCUT2D eigenvalue weighted by Gasteiger charge is -2.20. The van der Waals surface area contributed by atoms with Crippen LogP contribution in [0.4, 0.5) is 0 Å². The van der Waals surface area contributed by atoms with Crippen molar-refractivity contribution in [1.82, 2.24) is 19.1 Å². The third-order valence-electron chi connectivity index (χ3n) is 9.60. The van der Waals surface area contributed by atoms with E-state index in [2.05, 4.69) is 129 Å². The van der Waals surface area contributed by atoms with Gasteiger partial charge in [0.25, 0.3) is 6.33 Å². The molecule has 0 atom stereocenters. The Kier molecular flexibility index (Phi) is 7.65. The first-order valence-corrected chi connectivity index (χ1v) is 17.4. The van der Waals surface area contributed by atoms with Crippen LogP contribution in [-0.2, 0) is 5.41 Å². The Labute approximate surface area is 294 Å².